The standard InChI is InChI=1S/C15H12ClFN2O/c16-11-4-5-13(17)10(7-11)8-15(20)12-9-18-19-6-2-1-3-14(12)19/h1-7,9,15,20H,8H2. The number of fused-ring (bicyclic) bond motifs is 1. The second-order valence-corrected chi connectivity index (χ2v) is 5.02. The monoisotopic (exact) mass is 290 g/mol. The molecular weight excluding hydrogens is 279 g/mol. The van der Waals surface area contributed by atoms with Crippen LogP contribution in [0.15, 0.2) is 48.8 Å². The van der Waals surface area contributed by atoms with E-state index >= 15 is 0 Å². The van der Waals surface area contributed by atoms with Crippen LogP contribution in [0, 0.1) is 5.82 Å². The fourth-order valence-electron chi connectivity index (χ4n) is 2.23. The first-order valence-corrected chi connectivity index (χ1v) is 6.57. The molecule has 0 spiro atoms. The van der Waals surface area contributed by atoms with Gasteiger partial charge in [-0.05, 0) is 35.9 Å². The lowest BCUT2D eigenvalue weighted by Crippen LogP contribution is -2.03. The van der Waals surface area contributed by atoms with Crippen LogP contribution in [0.4, 0.5) is 4.39 Å². The van der Waals surface area contributed by atoms with Crippen LogP contribution in [-0.4, -0.2) is 14.7 Å². The first kappa shape index (κ1) is 13.1. The van der Waals surface area contributed by atoms with Crippen molar-refractivity contribution in [3.63, 3.8) is 0 Å². The Morgan fingerprint density at radius 3 is 3.00 bits per heavy atom. The number of hydrogen-bond donors (Lipinski definition) is 1. The summed E-state index contributed by atoms with van der Waals surface area (Å²) in [5, 5.41) is 14.9. The lowest BCUT2D eigenvalue weighted by atomic mass is 10.0. The Labute approximate surface area is 120 Å². The van der Waals surface area contributed by atoms with Crippen LogP contribution in [0.1, 0.15) is 17.2 Å². The van der Waals surface area contributed by atoms with Gasteiger partial charge in [-0.3, -0.25) is 0 Å². The SMILES string of the molecule is OC(Cc1cc(Cl)ccc1F)c1cnn2ccccc12. The van der Waals surface area contributed by atoms with Gasteiger partial charge in [-0.25, -0.2) is 8.91 Å². The van der Waals surface area contributed by atoms with E-state index in [0.717, 1.165) is 5.52 Å². The number of aromatic nitrogens is 2. The van der Waals surface area contributed by atoms with Gasteiger partial charge in [0.05, 0.1) is 17.8 Å². The van der Waals surface area contributed by atoms with Crippen molar-refractivity contribution >= 4 is 17.1 Å². The number of rotatable bonds is 3. The van der Waals surface area contributed by atoms with Gasteiger partial charge >= 0.3 is 0 Å². The number of halogens is 2. The Morgan fingerprint density at radius 2 is 2.15 bits per heavy atom. The summed E-state index contributed by atoms with van der Waals surface area (Å²) >= 11 is 5.86. The maximum atomic E-state index is 13.7. The maximum absolute atomic E-state index is 13.7. The Morgan fingerprint density at radius 1 is 1.30 bits per heavy atom. The molecule has 1 aromatic carbocycles. The first-order valence-electron chi connectivity index (χ1n) is 6.19. The third-order valence-electron chi connectivity index (χ3n) is 3.24. The summed E-state index contributed by atoms with van der Waals surface area (Å²) in [6, 6.07) is 9.91. The fourth-order valence-corrected chi connectivity index (χ4v) is 2.42. The van der Waals surface area contributed by atoms with E-state index in [2.05, 4.69) is 5.10 Å². The highest BCUT2D eigenvalue weighted by Gasteiger charge is 2.16. The van der Waals surface area contributed by atoms with E-state index in [0.29, 0.717) is 16.1 Å². The minimum Gasteiger partial charge on any atom is -0.388 e. The molecule has 0 saturated heterocycles. The summed E-state index contributed by atoms with van der Waals surface area (Å²) in [6.45, 7) is 0. The highest BCUT2D eigenvalue weighted by molar-refractivity contribution is 6.30. The summed E-state index contributed by atoms with van der Waals surface area (Å²) in [5.41, 5.74) is 1.87. The van der Waals surface area contributed by atoms with Crippen molar-refractivity contribution in [1.82, 2.24) is 9.61 Å². The topological polar surface area (TPSA) is 37.5 Å². The molecule has 1 atom stereocenters. The predicted molar refractivity (Wildman–Crippen MR) is 75.3 cm³/mol. The highest BCUT2D eigenvalue weighted by atomic mass is 35.5. The van der Waals surface area contributed by atoms with E-state index in [1.165, 1.54) is 18.2 Å². The fraction of sp³-hybridized carbons (Fsp3) is 0.133. The Bertz CT molecular complexity index is 756. The molecule has 3 nitrogen and oxygen atoms in total. The number of pyridine rings is 1. The van der Waals surface area contributed by atoms with E-state index in [1.54, 1.807) is 16.9 Å². The van der Waals surface area contributed by atoms with Gasteiger partial charge in [0.15, 0.2) is 0 Å². The summed E-state index contributed by atoms with van der Waals surface area (Å²) in [7, 11) is 0. The largest absolute Gasteiger partial charge is 0.388 e. The predicted octanol–water partition coefficient (Wildman–Crippen LogP) is 3.40. The van der Waals surface area contributed by atoms with Gasteiger partial charge in [0.2, 0.25) is 0 Å². The van der Waals surface area contributed by atoms with Gasteiger partial charge in [0.1, 0.15) is 5.82 Å². The molecular formula is C15H12ClFN2O. The second-order valence-electron chi connectivity index (χ2n) is 4.59. The number of aliphatic hydroxyl groups is 1. The molecule has 0 fully saturated rings. The molecule has 2 aromatic heterocycles. The van der Waals surface area contributed by atoms with Gasteiger partial charge in [-0.15, -0.1) is 0 Å². The van der Waals surface area contributed by atoms with E-state index in [4.69, 9.17) is 11.6 Å². The molecule has 0 radical (unpaired) electrons. The summed E-state index contributed by atoms with van der Waals surface area (Å²) in [5.74, 6) is -0.370. The average Bonchev–Trinajstić information content (AvgIpc) is 2.87. The third-order valence-corrected chi connectivity index (χ3v) is 3.47. The number of nitrogens with zero attached hydrogens (tertiary/aromatic N) is 2. The molecule has 102 valence electrons. The van der Waals surface area contributed by atoms with E-state index in [1.807, 2.05) is 18.2 Å². The van der Waals surface area contributed by atoms with Crippen molar-refractivity contribution in [2.75, 3.05) is 0 Å². The van der Waals surface area contributed by atoms with E-state index in [9.17, 15) is 9.50 Å². The van der Waals surface area contributed by atoms with Crippen LogP contribution in [0.3, 0.4) is 0 Å². The Kier molecular flexibility index (Phi) is 3.42. The molecule has 0 aliphatic heterocycles. The van der Waals surface area contributed by atoms with Crippen LogP contribution < -0.4 is 0 Å². The van der Waals surface area contributed by atoms with Gasteiger partial charge in [-0.1, -0.05) is 17.7 Å². The average molecular weight is 291 g/mol. The van der Waals surface area contributed by atoms with Gasteiger partial charge in [0, 0.05) is 23.2 Å². The molecule has 3 rings (SSSR count). The number of hydrogen-bond acceptors (Lipinski definition) is 2. The molecule has 20 heavy (non-hydrogen) atoms. The summed E-state index contributed by atoms with van der Waals surface area (Å²) in [6.07, 6.45) is 2.72. The molecule has 1 unspecified atom stereocenters. The summed E-state index contributed by atoms with van der Waals surface area (Å²) < 4.78 is 15.4. The van der Waals surface area contributed by atoms with Gasteiger partial charge in [0.25, 0.3) is 0 Å². The zero-order valence-electron chi connectivity index (χ0n) is 10.5. The number of benzene rings is 1. The second kappa shape index (κ2) is 5.23. The molecule has 0 amide bonds. The number of aliphatic hydroxyl groups excluding tert-OH is 1. The van der Waals surface area contributed by atoms with Crippen molar-refractivity contribution in [3.05, 3.63) is 70.8 Å². The molecule has 0 bridgehead atoms. The quantitative estimate of drug-likeness (QED) is 0.803. The van der Waals surface area contributed by atoms with Crippen LogP contribution in [-0.2, 0) is 6.42 Å². The minimum absolute atomic E-state index is 0.155. The molecule has 5 heteroatoms. The van der Waals surface area contributed by atoms with Crippen LogP contribution in [0.5, 0.6) is 0 Å². The first-order chi connectivity index (χ1) is 9.65. The van der Waals surface area contributed by atoms with Crippen LogP contribution in [0.25, 0.3) is 5.52 Å². The lowest BCUT2D eigenvalue weighted by molar-refractivity contribution is 0.178. The highest BCUT2D eigenvalue weighted by Crippen LogP contribution is 2.25. The zero-order valence-corrected chi connectivity index (χ0v) is 11.3. The van der Waals surface area contributed by atoms with Crippen molar-refractivity contribution in [2.24, 2.45) is 0 Å². The van der Waals surface area contributed by atoms with Crippen molar-refractivity contribution in [2.45, 2.75) is 12.5 Å². The van der Waals surface area contributed by atoms with Gasteiger partial charge in [-0.2, -0.15) is 5.10 Å². The lowest BCUT2D eigenvalue weighted by Gasteiger charge is -2.10. The smallest absolute Gasteiger partial charge is 0.126 e. The Hall–Kier alpha value is -1.91. The van der Waals surface area contributed by atoms with Crippen molar-refractivity contribution < 1.29 is 9.50 Å². The maximum Gasteiger partial charge on any atom is 0.126 e. The normalized spacial score (nSPS) is 12.8. The van der Waals surface area contributed by atoms with E-state index in [-0.39, 0.29) is 12.2 Å². The third kappa shape index (κ3) is 2.40. The van der Waals surface area contributed by atoms with Crippen molar-refractivity contribution in [1.29, 1.82) is 0 Å². The molecule has 0 aliphatic rings. The minimum atomic E-state index is -0.831. The van der Waals surface area contributed by atoms with Crippen molar-refractivity contribution in [3.8, 4) is 0 Å². The van der Waals surface area contributed by atoms with Crippen LogP contribution >= 0.6 is 11.6 Å². The van der Waals surface area contributed by atoms with Crippen LogP contribution in [0.2, 0.25) is 5.02 Å². The van der Waals surface area contributed by atoms with E-state index < -0.39 is 6.10 Å². The molecule has 1 N–H and O–H groups in total. The summed E-state index contributed by atoms with van der Waals surface area (Å²) in [4.78, 5) is 0. The molecule has 3 aromatic rings. The zero-order chi connectivity index (χ0) is 14.1. The molecule has 0 aliphatic carbocycles. The van der Waals surface area contributed by atoms with Gasteiger partial charge < -0.3 is 5.11 Å². The Balaban J connectivity index is 1.93. The molecule has 0 saturated carbocycles. The molecule has 2 heterocycles.